The second-order valence-electron chi connectivity index (χ2n) is 5.20. The number of carboxylic acids is 1. The Morgan fingerprint density at radius 1 is 1.43 bits per heavy atom. The molecule has 114 valence electrons. The first-order chi connectivity index (χ1) is 9.99. The normalized spacial score (nSPS) is 19.2. The number of nitrogens with one attached hydrogen (secondary N) is 1. The zero-order valence-electron chi connectivity index (χ0n) is 12.3. The van der Waals surface area contributed by atoms with Gasteiger partial charge in [0.15, 0.2) is 0 Å². The number of aryl methyl sites for hydroxylation is 1. The fraction of sp³-hybridized carbons (Fsp3) is 0.467. The van der Waals surface area contributed by atoms with Gasteiger partial charge >= 0.3 is 5.97 Å². The van der Waals surface area contributed by atoms with Gasteiger partial charge in [0.25, 0.3) is 0 Å². The quantitative estimate of drug-likeness (QED) is 0.887. The van der Waals surface area contributed by atoms with Crippen LogP contribution >= 0.6 is 11.8 Å². The Hall–Kier alpha value is -1.53. The topological polar surface area (TPSA) is 69.6 Å². The maximum atomic E-state index is 12.2. The number of hydrogen-bond donors (Lipinski definition) is 2. The number of benzene rings is 1. The van der Waals surface area contributed by atoms with E-state index in [2.05, 4.69) is 5.32 Å². The Morgan fingerprint density at radius 2 is 2.19 bits per heavy atom. The Balaban J connectivity index is 2.00. The van der Waals surface area contributed by atoms with Gasteiger partial charge in [0, 0.05) is 23.7 Å². The third-order valence-corrected chi connectivity index (χ3v) is 4.77. The molecule has 1 saturated heterocycles. The van der Waals surface area contributed by atoms with Gasteiger partial charge in [-0.25, -0.2) is 0 Å². The molecule has 1 amide bonds. The standard InChI is InChI=1S/C15H20N2O3S/c1-10-4-3-5-12(11(10)2)16-14(18)8-17-6-7-21-9-13(17)15(19)20/h3-5,13H,6-9H2,1-2H3,(H,16,18)(H,19,20). The number of carbonyl (C=O) groups is 2. The molecule has 6 heteroatoms. The molecule has 0 bridgehead atoms. The highest BCUT2D eigenvalue weighted by Gasteiger charge is 2.30. The van der Waals surface area contributed by atoms with E-state index in [1.165, 1.54) is 0 Å². The van der Waals surface area contributed by atoms with Crippen LogP contribution in [0.1, 0.15) is 11.1 Å². The molecule has 1 fully saturated rings. The number of carboxylic acid groups (broad SMARTS) is 1. The fourth-order valence-electron chi connectivity index (χ4n) is 2.32. The van der Waals surface area contributed by atoms with E-state index >= 15 is 0 Å². The lowest BCUT2D eigenvalue weighted by Gasteiger charge is -2.31. The van der Waals surface area contributed by atoms with Crippen molar-refractivity contribution in [3.8, 4) is 0 Å². The third kappa shape index (κ3) is 3.98. The van der Waals surface area contributed by atoms with Crippen LogP contribution in [0.4, 0.5) is 5.69 Å². The highest BCUT2D eigenvalue weighted by Crippen LogP contribution is 2.19. The number of aliphatic carboxylic acids is 1. The summed E-state index contributed by atoms with van der Waals surface area (Å²) in [4.78, 5) is 25.1. The van der Waals surface area contributed by atoms with Gasteiger partial charge in [-0.15, -0.1) is 0 Å². The first-order valence-corrected chi connectivity index (χ1v) is 8.05. The average molecular weight is 308 g/mol. The van der Waals surface area contributed by atoms with E-state index in [0.717, 1.165) is 22.6 Å². The SMILES string of the molecule is Cc1cccc(NC(=O)CN2CCSCC2C(=O)O)c1C. The van der Waals surface area contributed by atoms with Crippen molar-refractivity contribution in [2.45, 2.75) is 19.9 Å². The van der Waals surface area contributed by atoms with Gasteiger partial charge in [0.1, 0.15) is 6.04 Å². The van der Waals surface area contributed by atoms with Crippen molar-refractivity contribution in [3.63, 3.8) is 0 Å². The smallest absolute Gasteiger partial charge is 0.321 e. The van der Waals surface area contributed by atoms with Crippen LogP contribution in [-0.4, -0.2) is 52.5 Å². The molecule has 5 nitrogen and oxygen atoms in total. The summed E-state index contributed by atoms with van der Waals surface area (Å²) in [7, 11) is 0. The fourth-order valence-corrected chi connectivity index (χ4v) is 3.42. The van der Waals surface area contributed by atoms with Crippen molar-refractivity contribution in [3.05, 3.63) is 29.3 Å². The first kappa shape index (κ1) is 15.9. The van der Waals surface area contributed by atoms with Crippen LogP contribution in [0.5, 0.6) is 0 Å². The lowest BCUT2D eigenvalue weighted by Crippen LogP contribution is -2.50. The van der Waals surface area contributed by atoms with Crippen LogP contribution < -0.4 is 5.32 Å². The second kappa shape index (κ2) is 6.95. The lowest BCUT2D eigenvalue weighted by atomic mass is 10.1. The molecule has 1 aromatic rings. The Labute approximate surface area is 128 Å². The van der Waals surface area contributed by atoms with Crippen molar-refractivity contribution in [2.24, 2.45) is 0 Å². The number of nitrogens with zero attached hydrogens (tertiary/aromatic N) is 1. The minimum atomic E-state index is -0.860. The molecule has 0 saturated carbocycles. The number of rotatable bonds is 4. The monoisotopic (exact) mass is 308 g/mol. The molecule has 1 aliphatic heterocycles. The molecule has 0 aromatic heterocycles. The number of anilines is 1. The summed E-state index contributed by atoms with van der Waals surface area (Å²) < 4.78 is 0. The molecule has 0 radical (unpaired) electrons. The number of carbonyl (C=O) groups excluding carboxylic acids is 1. The average Bonchev–Trinajstić information content (AvgIpc) is 2.44. The molecular formula is C15H20N2O3S. The summed E-state index contributed by atoms with van der Waals surface area (Å²) in [5.74, 6) is 0.371. The van der Waals surface area contributed by atoms with Crippen LogP contribution in [0, 0.1) is 13.8 Å². The van der Waals surface area contributed by atoms with E-state index < -0.39 is 12.0 Å². The van der Waals surface area contributed by atoms with Crippen molar-refractivity contribution < 1.29 is 14.7 Å². The maximum Gasteiger partial charge on any atom is 0.321 e. The first-order valence-electron chi connectivity index (χ1n) is 6.89. The summed E-state index contributed by atoms with van der Waals surface area (Å²) in [6.07, 6.45) is 0. The second-order valence-corrected chi connectivity index (χ2v) is 6.34. The van der Waals surface area contributed by atoms with E-state index in [9.17, 15) is 14.7 Å². The summed E-state index contributed by atoms with van der Waals surface area (Å²) >= 11 is 1.62. The molecule has 1 unspecified atom stereocenters. The molecule has 21 heavy (non-hydrogen) atoms. The van der Waals surface area contributed by atoms with E-state index in [-0.39, 0.29) is 12.5 Å². The third-order valence-electron chi connectivity index (χ3n) is 3.75. The largest absolute Gasteiger partial charge is 0.480 e. The molecule has 0 spiro atoms. The molecule has 1 heterocycles. The van der Waals surface area contributed by atoms with Gasteiger partial charge in [-0.2, -0.15) is 11.8 Å². The van der Waals surface area contributed by atoms with Crippen LogP contribution in [0.25, 0.3) is 0 Å². The van der Waals surface area contributed by atoms with E-state index in [1.807, 2.05) is 32.0 Å². The van der Waals surface area contributed by atoms with Gasteiger partial charge in [-0.05, 0) is 31.0 Å². The predicted molar refractivity (Wildman–Crippen MR) is 84.9 cm³/mol. The van der Waals surface area contributed by atoms with Crippen LogP contribution in [0.15, 0.2) is 18.2 Å². The van der Waals surface area contributed by atoms with Crippen molar-refractivity contribution in [1.82, 2.24) is 4.90 Å². The number of hydrogen-bond acceptors (Lipinski definition) is 4. The van der Waals surface area contributed by atoms with Crippen molar-refractivity contribution >= 4 is 29.3 Å². The maximum absolute atomic E-state index is 12.2. The number of thioether (sulfide) groups is 1. The van der Waals surface area contributed by atoms with Gasteiger partial charge in [-0.3, -0.25) is 14.5 Å². The molecule has 1 atom stereocenters. The highest BCUT2D eigenvalue weighted by atomic mass is 32.2. The van der Waals surface area contributed by atoms with Crippen LogP contribution in [0.2, 0.25) is 0 Å². The molecule has 2 rings (SSSR count). The Kier molecular flexibility index (Phi) is 5.25. The molecule has 2 N–H and O–H groups in total. The molecule has 0 aliphatic carbocycles. The number of amides is 1. The minimum Gasteiger partial charge on any atom is -0.480 e. The summed E-state index contributed by atoms with van der Waals surface area (Å²) in [6.45, 7) is 4.70. The molecule has 1 aromatic carbocycles. The van der Waals surface area contributed by atoms with Gasteiger partial charge in [-0.1, -0.05) is 12.1 Å². The van der Waals surface area contributed by atoms with Crippen molar-refractivity contribution in [2.75, 3.05) is 29.9 Å². The summed E-state index contributed by atoms with van der Waals surface area (Å²) in [5.41, 5.74) is 2.94. The van der Waals surface area contributed by atoms with Gasteiger partial charge in [0.2, 0.25) is 5.91 Å². The van der Waals surface area contributed by atoms with Crippen LogP contribution in [0.3, 0.4) is 0 Å². The van der Waals surface area contributed by atoms with E-state index in [4.69, 9.17) is 0 Å². The zero-order valence-corrected chi connectivity index (χ0v) is 13.1. The van der Waals surface area contributed by atoms with Crippen LogP contribution in [-0.2, 0) is 9.59 Å². The Morgan fingerprint density at radius 3 is 2.90 bits per heavy atom. The zero-order chi connectivity index (χ0) is 15.4. The van der Waals surface area contributed by atoms with Crippen molar-refractivity contribution in [1.29, 1.82) is 0 Å². The minimum absolute atomic E-state index is 0.116. The van der Waals surface area contributed by atoms with Gasteiger partial charge in [0.05, 0.1) is 6.54 Å². The lowest BCUT2D eigenvalue weighted by molar-refractivity contribution is -0.142. The predicted octanol–water partition coefficient (Wildman–Crippen LogP) is 1.74. The van der Waals surface area contributed by atoms with E-state index in [0.29, 0.717) is 12.3 Å². The van der Waals surface area contributed by atoms with E-state index in [1.54, 1.807) is 16.7 Å². The molecular weight excluding hydrogens is 288 g/mol. The Bertz CT molecular complexity index is 548. The van der Waals surface area contributed by atoms with Gasteiger partial charge < -0.3 is 10.4 Å². The summed E-state index contributed by atoms with van der Waals surface area (Å²) in [6, 6.07) is 5.18. The summed E-state index contributed by atoms with van der Waals surface area (Å²) in [5, 5.41) is 12.1. The highest BCUT2D eigenvalue weighted by molar-refractivity contribution is 7.99. The molecule has 1 aliphatic rings.